The average molecular weight is 156 g/mol. The summed E-state index contributed by atoms with van der Waals surface area (Å²) in [7, 11) is 0. The van der Waals surface area contributed by atoms with Gasteiger partial charge < -0.3 is 10.1 Å². The molecule has 1 radical (unpaired) electrons. The van der Waals surface area contributed by atoms with Crippen LogP contribution in [0, 0.1) is 12.8 Å². The first-order valence-electron chi connectivity index (χ1n) is 4.51. The molecule has 65 valence electrons. The number of rotatable bonds is 4. The highest BCUT2D eigenvalue weighted by molar-refractivity contribution is 4.67. The van der Waals surface area contributed by atoms with Crippen molar-refractivity contribution < 1.29 is 4.74 Å². The van der Waals surface area contributed by atoms with Crippen molar-refractivity contribution in [1.82, 2.24) is 5.32 Å². The van der Waals surface area contributed by atoms with E-state index in [0.717, 1.165) is 12.5 Å². The van der Waals surface area contributed by atoms with Crippen molar-refractivity contribution in [2.75, 3.05) is 26.3 Å². The lowest BCUT2D eigenvalue weighted by atomic mass is 9.95. The van der Waals surface area contributed by atoms with E-state index >= 15 is 0 Å². The van der Waals surface area contributed by atoms with Crippen LogP contribution >= 0.6 is 0 Å². The highest BCUT2D eigenvalue weighted by Crippen LogP contribution is 2.15. The number of ether oxygens (including phenoxy) is 1. The molecule has 0 spiro atoms. The molecule has 0 aromatic heterocycles. The summed E-state index contributed by atoms with van der Waals surface area (Å²) in [5, 5.41) is 3.35. The molecule has 0 saturated carbocycles. The Balaban J connectivity index is 1.96. The van der Waals surface area contributed by atoms with E-state index in [-0.39, 0.29) is 0 Å². The fourth-order valence-corrected chi connectivity index (χ4v) is 1.52. The van der Waals surface area contributed by atoms with Crippen molar-refractivity contribution in [3.05, 3.63) is 6.92 Å². The SMILES string of the molecule is [CH2]COCCC1CCNCC1. The van der Waals surface area contributed by atoms with Crippen LogP contribution in [0.5, 0.6) is 0 Å². The molecule has 2 heteroatoms. The molecule has 0 amide bonds. The van der Waals surface area contributed by atoms with Gasteiger partial charge in [0, 0.05) is 13.2 Å². The summed E-state index contributed by atoms with van der Waals surface area (Å²) in [4.78, 5) is 0. The Bertz CT molecular complexity index is 89.6. The van der Waals surface area contributed by atoms with Crippen LogP contribution in [0.1, 0.15) is 19.3 Å². The van der Waals surface area contributed by atoms with Gasteiger partial charge in [-0.2, -0.15) is 0 Å². The molecule has 1 aliphatic heterocycles. The van der Waals surface area contributed by atoms with E-state index in [1.165, 1.54) is 32.4 Å². The van der Waals surface area contributed by atoms with Crippen LogP contribution < -0.4 is 5.32 Å². The molecule has 0 aliphatic carbocycles. The zero-order valence-electron chi connectivity index (χ0n) is 7.14. The Morgan fingerprint density at radius 1 is 1.36 bits per heavy atom. The smallest absolute Gasteiger partial charge is 0.0468 e. The molecule has 11 heavy (non-hydrogen) atoms. The summed E-state index contributed by atoms with van der Waals surface area (Å²) in [5.41, 5.74) is 0. The van der Waals surface area contributed by atoms with Crippen molar-refractivity contribution in [3.63, 3.8) is 0 Å². The minimum absolute atomic E-state index is 0.616. The molecule has 0 aromatic carbocycles. The van der Waals surface area contributed by atoms with Crippen LogP contribution in [-0.4, -0.2) is 26.3 Å². The van der Waals surface area contributed by atoms with E-state index < -0.39 is 0 Å². The average Bonchev–Trinajstić information content (AvgIpc) is 2.07. The summed E-state index contributed by atoms with van der Waals surface area (Å²) in [6.45, 7) is 7.53. The summed E-state index contributed by atoms with van der Waals surface area (Å²) in [6, 6.07) is 0. The van der Waals surface area contributed by atoms with Crippen LogP contribution in [0.25, 0.3) is 0 Å². The minimum atomic E-state index is 0.616. The quantitative estimate of drug-likeness (QED) is 0.618. The lowest BCUT2D eigenvalue weighted by molar-refractivity contribution is 0.137. The van der Waals surface area contributed by atoms with Crippen molar-refractivity contribution in [2.24, 2.45) is 5.92 Å². The molecule has 0 unspecified atom stereocenters. The Hall–Kier alpha value is -0.0800. The molecule has 1 N–H and O–H groups in total. The van der Waals surface area contributed by atoms with Gasteiger partial charge in [-0.3, -0.25) is 0 Å². The van der Waals surface area contributed by atoms with E-state index in [4.69, 9.17) is 4.74 Å². The maximum absolute atomic E-state index is 5.20. The normalized spacial score (nSPS) is 20.5. The van der Waals surface area contributed by atoms with Gasteiger partial charge in [-0.1, -0.05) is 0 Å². The van der Waals surface area contributed by atoms with Gasteiger partial charge in [0.25, 0.3) is 0 Å². The van der Waals surface area contributed by atoms with E-state index in [0.29, 0.717) is 6.61 Å². The number of piperidine rings is 1. The van der Waals surface area contributed by atoms with E-state index in [2.05, 4.69) is 12.2 Å². The third kappa shape index (κ3) is 3.73. The van der Waals surface area contributed by atoms with Gasteiger partial charge in [0.1, 0.15) is 0 Å². The second-order valence-corrected chi connectivity index (χ2v) is 3.09. The molecule has 0 bridgehead atoms. The fourth-order valence-electron chi connectivity index (χ4n) is 1.52. The first-order valence-corrected chi connectivity index (χ1v) is 4.51. The van der Waals surface area contributed by atoms with Crippen LogP contribution in [0.3, 0.4) is 0 Å². The van der Waals surface area contributed by atoms with Crippen molar-refractivity contribution in [1.29, 1.82) is 0 Å². The monoisotopic (exact) mass is 156 g/mol. The zero-order valence-corrected chi connectivity index (χ0v) is 7.14. The second kappa shape index (κ2) is 5.56. The number of nitrogens with one attached hydrogen (secondary N) is 1. The molecule has 1 fully saturated rings. The summed E-state index contributed by atoms with van der Waals surface area (Å²) in [5.74, 6) is 0.891. The summed E-state index contributed by atoms with van der Waals surface area (Å²) >= 11 is 0. The highest BCUT2D eigenvalue weighted by atomic mass is 16.5. The van der Waals surface area contributed by atoms with Gasteiger partial charge in [0.2, 0.25) is 0 Å². The standard InChI is InChI=1S/C9H18NO/c1-2-11-8-5-9-3-6-10-7-4-9/h9-10H,1-8H2. The van der Waals surface area contributed by atoms with Gasteiger partial charge in [-0.05, 0) is 45.2 Å². The van der Waals surface area contributed by atoms with Gasteiger partial charge in [0.05, 0.1) is 0 Å². The third-order valence-electron chi connectivity index (χ3n) is 2.27. The highest BCUT2D eigenvalue weighted by Gasteiger charge is 2.11. The molecule has 1 aliphatic rings. The van der Waals surface area contributed by atoms with Crippen LogP contribution in [0.4, 0.5) is 0 Å². The van der Waals surface area contributed by atoms with Gasteiger partial charge in [0.15, 0.2) is 0 Å². The Labute approximate surface area is 69.3 Å². The maximum Gasteiger partial charge on any atom is 0.0468 e. The van der Waals surface area contributed by atoms with Crippen LogP contribution in [0.15, 0.2) is 0 Å². The van der Waals surface area contributed by atoms with E-state index in [1.807, 2.05) is 0 Å². The first kappa shape index (κ1) is 9.01. The molecule has 1 saturated heterocycles. The third-order valence-corrected chi connectivity index (χ3v) is 2.27. The van der Waals surface area contributed by atoms with Crippen molar-refractivity contribution >= 4 is 0 Å². The Morgan fingerprint density at radius 2 is 2.09 bits per heavy atom. The van der Waals surface area contributed by atoms with E-state index in [1.54, 1.807) is 0 Å². The Morgan fingerprint density at radius 3 is 2.73 bits per heavy atom. The molecule has 0 atom stereocenters. The minimum Gasteiger partial charge on any atom is -0.381 e. The predicted molar refractivity (Wildman–Crippen MR) is 46.4 cm³/mol. The van der Waals surface area contributed by atoms with Crippen LogP contribution in [-0.2, 0) is 4.74 Å². The lowest BCUT2D eigenvalue weighted by Gasteiger charge is -2.22. The topological polar surface area (TPSA) is 21.3 Å². The predicted octanol–water partition coefficient (Wildman–Crippen LogP) is 1.23. The molecular weight excluding hydrogens is 138 g/mol. The first-order chi connectivity index (χ1) is 5.43. The Kier molecular flexibility index (Phi) is 4.55. The largest absolute Gasteiger partial charge is 0.381 e. The van der Waals surface area contributed by atoms with Gasteiger partial charge >= 0.3 is 0 Å². The second-order valence-electron chi connectivity index (χ2n) is 3.09. The summed E-state index contributed by atoms with van der Waals surface area (Å²) < 4.78 is 5.20. The molecule has 2 nitrogen and oxygen atoms in total. The molecule has 0 aromatic rings. The molecular formula is C9H18NO. The molecule has 1 rings (SSSR count). The fraction of sp³-hybridized carbons (Fsp3) is 0.889. The number of hydrogen-bond acceptors (Lipinski definition) is 2. The van der Waals surface area contributed by atoms with Gasteiger partial charge in [-0.15, -0.1) is 0 Å². The lowest BCUT2D eigenvalue weighted by Crippen LogP contribution is -2.28. The van der Waals surface area contributed by atoms with Crippen molar-refractivity contribution in [2.45, 2.75) is 19.3 Å². The van der Waals surface area contributed by atoms with Gasteiger partial charge in [-0.25, -0.2) is 0 Å². The summed E-state index contributed by atoms with van der Waals surface area (Å²) in [6.07, 6.45) is 3.86. The maximum atomic E-state index is 5.20. The van der Waals surface area contributed by atoms with E-state index in [9.17, 15) is 0 Å². The zero-order chi connectivity index (χ0) is 7.94. The van der Waals surface area contributed by atoms with Crippen molar-refractivity contribution in [3.8, 4) is 0 Å². The number of hydrogen-bond donors (Lipinski definition) is 1. The van der Waals surface area contributed by atoms with Crippen LogP contribution in [0.2, 0.25) is 0 Å². The molecule has 1 heterocycles.